The number of rotatable bonds is 5. The second-order valence-corrected chi connectivity index (χ2v) is 7.53. The number of H-pyrrole nitrogens is 2. The van der Waals surface area contributed by atoms with Crippen LogP contribution in [0, 0.1) is 16.1 Å². The fourth-order valence-corrected chi connectivity index (χ4v) is 3.33. The molecule has 0 aromatic carbocycles. The summed E-state index contributed by atoms with van der Waals surface area (Å²) in [6.45, 7) is 6.89. The first kappa shape index (κ1) is 18.6. The fourth-order valence-electron chi connectivity index (χ4n) is 3.10. The quantitative estimate of drug-likeness (QED) is 0.563. The van der Waals surface area contributed by atoms with Crippen molar-refractivity contribution in [3.05, 3.63) is 26.9 Å². The van der Waals surface area contributed by atoms with Gasteiger partial charge in [0.2, 0.25) is 5.91 Å². The molecule has 0 unspecified atom stereocenters. The Morgan fingerprint density at radius 3 is 2.62 bits per heavy atom. The molecule has 132 valence electrons. The van der Waals surface area contributed by atoms with Crippen LogP contribution in [-0.2, 0) is 11.2 Å². The third-order valence-corrected chi connectivity index (χ3v) is 5.29. The molecular formula is C17H26N4O2S. The number of amides is 1. The Bertz CT molecular complexity index is 694. The van der Waals surface area contributed by atoms with Crippen molar-refractivity contribution in [2.24, 2.45) is 16.4 Å². The van der Waals surface area contributed by atoms with Crippen LogP contribution in [-0.4, -0.2) is 21.6 Å². The Morgan fingerprint density at radius 2 is 2.04 bits per heavy atom. The molecule has 3 N–H and O–H groups in total. The van der Waals surface area contributed by atoms with Gasteiger partial charge in [0.1, 0.15) is 0 Å². The molecule has 2 rings (SSSR count). The molecule has 1 heterocycles. The maximum atomic E-state index is 12.0. The molecular weight excluding hydrogens is 324 g/mol. The van der Waals surface area contributed by atoms with Gasteiger partial charge in [-0.1, -0.05) is 27.2 Å². The third kappa shape index (κ3) is 5.12. The lowest BCUT2D eigenvalue weighted by atomic mass is 9.69. The first-order valence-corrected chi connectivity index (χ1v) is 8.88. The lowest BCUT2D eigenvalue weighted by Crippen LogP contribution is -2.29. The van der Waals surface area contributed by atoms with Crippen LogP contribution in [0.4, 0.5) is 0 Å². The lowest BCUT2D eigenvalue weighted by molar-refractivity contribution is -0.120. The van der Waals surface area contributed by atoms with Crippen LogP contribution in [0.25, 0.3) is 0 Å². The van der Waals surface area contributed by atoms with E-state index in [0.29, 0.717) is 17.0 Å². The van der Waals surface area contributed by atoms with E-state index in [9.17, 15) is 9.59 Å². The second-order valence-electron chi connectivity index (χ2n) is 7.12. The minimum absolute atomic E-state index is 0.0514. The smallest absolute Gasteiger partial charge is 0.251 e. The number of hydrogen-bond donors (Lipinski definition) is 3. The van der Waals surface area contributed by atoms with E-state index in [4.69, 9.17) is 12.2 Å². The van der Waals surface area contributed by atoms with Gasteiger partial charge in [0.25, 0.3) is 5.56 Å². The van der Waals surface area contributed by atoms with Gasteiger partial charge in [-0.05, 0) is 49.2 Å². The molecule has 1 aliphatic carbocycles. The highest BCUT2D eigenvalue weighted by atomic mass is 32.1. The van der Waals surface area contributed by atoms with E-state index in [-0.39, 0.29) is 22.7 Å². The van der Waals surface area contributed by atoms with Crippen LogP contribution in [0.5, 0.6) is 0 Å². The number of hydrogen-bond acceptors (Lipinski definition) is 4. The molecule has 1 aliphatic rings. The van der Waals surface area contributed by atoms with Gasteiger partial charge in [0, 0.05) is 17.5 Å². The summed E-state index contributed by atoms with van der Waals surface area (Å²) < 4.78 is 0.216. The van der Waals surface area contributed by atoms with Gasteiger partial charge in [-0.15, -0.1) is 0 Å². The van der Waals surface area contributed by atoms with Crippen LogP contribution in [0.15, 0.2) is 16.0 Å². The van der Waals surface area contributed by atoms with Gasteiger partial charge in [-0.2, -0.15) is 5.10 Å². The zero-order valence-corrected chi connectivity index (χ0v) is 15.4. The fraction of sp³-hybridized carbons (Fsp3) is 0.647. The van der Waals surface area contributed by atoms with Crippen molar-refractivity contribution in [1.82, 2.24) is 15.4 Å². The monoisotopic (exact) mass is 350 g/mol. The lowest BCUT2D eigenvalue weighted by Gasteiger charge is -2.36. The van der Waals surface area contributed by atoms with Gasteiger partial charge < -0.3 is 4.98 Å². The Balaban J connectivity index is 1.87. The molecule has 1 aromatic rings. The average molecular weight is 350 g/mol. The van der Waals surface area contributed by atoms with Gasteiger partial charge in [-0.3, -0.25) is 14.6 Å². The molecule has 24 heavy (non-hydrogen) atoms. The summed E-state index contributed by atoms with van der Waals surface area (Å²) in [5, 5.41) is 4.26. The predicted octanol–water partition coefficient (Wildman–Crippen LogP) is 3.07. The van der Waals surface area contributed by atoms with Crippen molar-refractivity contribution >= 4 is 23.8 Å². The molecule has 1 aromatic heterocycles. The number of nitrogens with zero attached hydrogens (tertiary/aromatic N) is 1. The molecule has 1 fully saturated rings. The summed E-state index contributed by atoms with van der Waals surface area (Å²) in [5.41, 5.74) is 4.17. The largest absolute Gasteiger partial charge is 0.335 e. The van der Waals surface area contributed by atoms with Crippen molar-refractivity contribution < 1.29 is 4.79 Å². The number of aromatic amines is 2. The van der Waals surface area contributed by atoms with Crippen molar-refractivity contribution in [1.29, 1.82) is 0 Å². The topological polar surface area (TPSA) is 90.1 Å². The molecule has 0 atom stereocenters. The Morgan fingerprint density at radius 1 is 1.38 bits per heavy atom. The standard InChI is InChI=1S/C17H26N4O2S/c1-4-17(2,3)11-5-7-12(8-6-11)20-21-15(23)10-13-9-14(22)19-16(24)18-13/h9,11H,4-8,10H2,1-3H3,(H,21,23)(H2,18,19,22,24). The summed E-state index contributed by atoms with van der Waals surface area (Å²) in [5.74, 6) is 0.461. The summed E-state index contributed by atoms with van der Waals surface area (Å²) in [6.07, 6.45) is 5.34. The minimum Gasteiger partial charge on any atom is -0.335 e. The molecule has 0 spiro atoms. The highest BCUT2D eigenvalue weighted by molar-refractivity contribution is 7.71. The van der Waals surface area contributed by atoms with Crippen LogP contribution < -0.4 is 11.0 Å². The van der Waals surface area contributed by atoms with E-state index in [1.807, 2.05) is 0 Å². The van der Waals surface area contributed by atoms with E-state index in [2.05, 4.69) is 41.3 Å². The number of carbonyl (C=O) groups is 1. The Labute approximate surface area is 147 Å². The molecule has 0 radical (unpaired) electrons. The number of hydrazone groups is 1. The second kappa shape index (κ2) is 7.88. The van der Waals surface area contributed by atoms with Crippen LogP contribution >= 0.6 is 12.2 Å². The average Bonchev–Trinajstić information content (AvgIpc) is 2.52. The summed E-state index contributed by atoms with van der Waals surface area (Å²) in [7, 11) is 0. The van der Waals surface area contributed by atoms with Crippen LogP contribution in [0.2, 0.25) is 0 Å². The van der Waals surface area contributed by atoms with E-state index >= 15 is 0 Å². The zero-order valence-electron chi connectivity index (χ0n) is 14.6. The number of nitrogens with one attached hydrogen (secondary N) is 3. The highest BCUT2D eigenvalue weighted by Crippen LogP contribution is 2.39. The van der Waals surface area contributed by atoms with Crippen molar-refractivity contribution in [3.8, 4) is 0 Å². The maximum absolute atomic E-state index is 12.0. The normalized spacial score (nSPS) is 18.3. The molecule has 6 nitrogen and oxygen atoms in total. The summed E-state index contributed by atoms with van der Waals surface area (Å²) >= 11 is 4.89. The van der Waals surface area contributed by atoms with Gasteiger partial charge in [0.15, 0.2) is 4.77 Å². The summed E-state index contributed by atoms with van der Waals surface area (Å²) in [6, 6.07) is 1.33. The molecule has 0 aliphatic heterocycles. The minimum atomic E-state index is -0.315. The maximum Gasteiger partial charge on any atom is 0.251 e. The molecule has 1 saturated carbocycles. The molecule has 7 heteroatoms. The predicted molar refractivity (Wildman–Crippen MR) is 97.6 cm³/mol. The molecule has 0 saturated heterocycles. The first-order valence-electron chi connectivity index (χ1n) is 8.47. The van der Waals surface area contributed by atoms with E-state index in [1.54, 1.807) is 0 Å². The summed E-state index contributed by atoms with van der Waals surface area (Å²) in [4.78, 5) is 28.5. The van der Waals surface area contributed by atoms with Crippen LogP contribution in [0.3, 0.4) is 0 Å². The third-order valence-electron chi connectivity index (χ3n) is 5.09. The van der Waals surface area contributed by atoms with E-state index < -0.39 is 0 Å². The van der Waals surface area contributed by atoms with E-state index in [0.717, 1.165) is 31.4 Å². The Hall–Kier alpha value is -1.76. The number of aromatic nitrogens is 2. The van der Waals surface area contributed by atoms with Gasteiger partial charge in [0.05, 0.1) is 6.42 Å². The van der Waals surface area contributed by atoms with Crippen molar-refractivity contribution in [2.45, 2.75) is 59.3 Å². The van der Waals surface area contributed by atoms with Gasteiger partial charge in [-0.25, -0.2) is 5.43 Å². The van der Waals surface area contributed by atoms with Crippen molar-refractivity contribution in [3.63, 3.8) is 0 Å². The number of carbonyl (C=O) groups excluding carboxylic acids is 1. The van der Waals surface area contributed by atoms with Gasteiger partial charge >= 0.3 is 0 Å². The highest BCUT2D eigenvalue weighted by Gasteiger charge is 2.30. The SMILES string of the molecule is CCC(C)(C)C1CCC(=NNC(=O)Cc2cc(=O)[nH]c(=S)[nH]2)CC1. The Kier molecular flexibility index (Phi) is 6.10. The first-order chi connectivity index (χ1) is 11.3. The molecule has 0 bridgehead atoms. The van der Waals surface area contributed by atoms with Crippen LogP contribution in [0.1, 0.15) is 58.6 Å². The zero-order chi connectivity index (χ0) is 17.7. The molecule has 1 amide bonds. The van der Waals surface area contributed by atoms with E-state index in [1.165, 1.54) is 12.5 Å². The van der Waals surface area contributed by atoms with Crippen molar-refractivity contribution in [2.75, 3.05) is 0 Å².